The van der Waals surface area contributed by atoms with Crippen molar-refractivity contribution in [3.05, 3.63) is 29.5 Å². The minimum Gasteiger partial charge on any atom is -0.478 e. The standard InChI is InChI=1S/C10H9F3N2O2/c1-14-9-6(3-5-8(16)17)2-4-7(15-9)10(11,12)13/h2-5H,1H3,(H,14,15)(H,16,17)/b5-3+. The summed E-state index contributed by atoms with van der Waals surface area (Å²) in [5.41, 5.74) is -0.766. The lowest BCUT2D eigenvalue weighted by Crippen LogP contribution is -2.10. The quantitative estimate of drug-likeness (QED) is 0.803. The van der Waals surface area contributed by atoms with Crippen molar-refractivity contribution in [2.24, 2.45) is 0 Å². The largest absolute Gasteiger partial charge is 0.478 e. The van der Waals surface area contributed by atoms with Crippen molar-refractivity contribution in [3.8, 4) is 0 Å². The first-order valence-electron chi connectivity index (χ1n) is 4.51. The fraction of sp³-hybridized carbons (Fsp3) is 0.200. The second kappa shape index (κ2) is 4.86. The number of nitrogens with zero attached hydrogens (tertiary/aromatic N) is 1. The minimum atomic E-state index is -4.53. The van der Waals surface area contributed by atoms with E-state index in [1.54, 1.807) is 0 Å². The lowest BCUT2D eigenvalue weighted by atomic mass is 10.2. The van der Waals surface area contributed by atoms with E-state index in [0.717, 1.165) is 18.2 Å². The lowest BCUT2D eigenvalue weighted by molar-refractivity contribution is -0.141. The van der Waals surface area contributed by atoms with Crippen LogP contribution in [0.2, 0.25) is 0 Å². The van der Waals surface area contributed by atoms with Gasteiger partial charge in [0.15, 0.2) is 0 Å². The first-order valence-corrected chi connectivity index (χ1v) is 4.51. The average molecular weight is 246 g/mol. The Bertz CT molecular complexity index is 455. The van der Waals surface area contributed by atoms with E-state index in [0.29, 0.717) is 0 Å². The molecule has 0 aliphatic carbocycles. The van der Waals surface area contributed by atoms with Gasteiger partial charge in [-0.05, 0) is 18.2 Å². The molecule has 4 nitrogen and oxygen atoms in total. The molecule has 1 rings (SSSR count). The number of carboxylic acid groups (broad SMARTS) is 1. The van der Waals surface area contributed by atoms with Gasteiger partial charge < -0.3 is 10.4 Å². The van der Waals surface area contributed by atoms with E-state index >= 15 is 0 Å². The number of rotatable bonds is 3. The van der Waals surface area contributed by atoms with Gasteiger partial charge in [-0.1, -0.05) is 0 Å². The topological polar surface area (TPSA) is 62.2 Å². The van der Waals surface area contributed by atoms with Gasteiger partial charge in [0.2, 0.25) is 0 Å². The molecular formula is C10H9F3N2O2. The van der Waals surface area contributed by atoms with E-state index in [9.17, 15) is 18.0 Å². The summed E-state index contributed by atoms with van der Waals surface area (Å²) in [6.45, 7) is 0. The number of aromatic nitrogens is 1. The Morgan fingerprint density at radius 2 is 2.12 bits per heavy atom. The van der Waals surface area contributed by atoms with Crippen LogP contribution in [0.1, 0.15) is 11.3 Å². The van der Waals surface area contributed by atoms with Crippen LogP contribution in [0.5, 0.6) is 0 Å². The second-order valence-electron chi connectivity index (χ2n) is 3.05. The summed E-state index contributed by atoms with van der Waals surface area (Å²) in [5.74, 6) is -1.22. The van der Waals surface area contributed by atoms with Gasteiger partial charge in [0.25, 0.3) is 0 Å². The van der Waals surface area contributed by atoms with Crippen molar-refractivity contribution in [1.29, 1.82) is 0 Å². The molecule has 92 valence electrons. The van der Waals surface area contributed by atoms with Gasteiger partial charge >= 0.3 is 12.1 Å². The number of aliphatic carboxylic acids is 1. The van der Waals surface area contributed by atoms with Gasteiger partial charge in [-0.15, -0.1) is 0 Å². The zero-order valence-corrected chi connectivity index (χ0v) is 8.75. The lowest BCUT2D eigenvalue weighted by Gasteiger charge is -2.09. The molecule has 0 fully saturated rings. The molecule has 1 heterocycles. The van der Waals surface area contributed by atoms with Crippen LogP contribution in [0.3, 0.4) is 0 Å². The smallest absolute Gasteiger partial charge is 0.433 e. The van der Waals surface area contributed by atoms with Crippen LogP contribution in [0.4, 0.5) is 19.0 Å². The predicted octanol–water partition coefficient (Wildman–Crippen LogP) is 2.24. The summed E-state index contributed by atoms with van der Waals surface area (Å²) in [7, 11) is 1.40. The highest BCUT2D eigenvalue weighted by Gasteiger charge is 2.32. The molecule has 2 N–H and O–H groups in total. The molecule has 0 atom stereocenters. The van der Waals surface area contributed by atoms with Gasteiger partial charge in [0.05, 0.1) is 0 Å². The van der Waals surface area contributed by atoms with Crippen molar-refractivity contribution < 1.29 is 23.1 Å². The van der Waals surface area contributed by atoms with E-state index in [-0.39, 0.29) is 11.4 Å². The summed E-state index contributed by atoms with van der Waals surface area (Å²) >= 11 is 0. The molecule has 0 amide bonds. The molecule has 0 unspecified atom stereocenters. The molecule has 0 radical (unpaired) electrons. The molecule has 0 saturated carbocycles. The monoisotopic (exact) mass is 246 g/mol. The van der Waals surface area contributed by atoms with E-state index in [2.05, 4.69) is 10.3 Å². The highest BCUT2D eigenvalue weighted by atomic mass is 19.4. The third kappa shape index (κ3) is 3.47. The maximum atomic E-state index is 12.3. The number of carboxylic acids is 1. The number of pyridine rings is 1. The van der Waals surface area contributed by atoms with Crippen LogP contribution < -0.4 is 5.32 Å². The van der Waals surface area contributed by atoms with Crippen LogP contribution in [-0.4, -0.2) is 23.1 Å². The second-order valence-corrected chi connectivity index (χ2v) is 3.05. The third-order valence-electron chi connectivity index (χ3n) is 1.86. The molecular weight excluding hydrogens is 237 g/mol. The Kier molecular flexibility index (Phi) is 3.72. The number of halogens is 3. The van der Waals surface area contributed by atoms with Gasteiger partial charge in [-0.3, -0.25) is 0 Å². The Morgan fingerprint density at radius 1 is 1.47 bits per heavy atom. The molecule has 1 aromatic heterocycles. The number of hydrogen-bond acceptors (Lipinski definition) is 3. The number of nitrogens with one attached hydrogen (secondary N) is 1. The summed E-state index contributed by atoms with van der Waals surface area (Å²) in [5, 5.41) is 10.9. The molecule has 0 bridgehead atoms. The normalized spacial score (nSPS) is 11.8. The fourth-order valence-corrected chi connectivity index (χ4v) is 1.12. The summed E-state index contributed by atoms with van der Waals surface area (Å²) in [4.78, 5) is 13.7. The summed E-state index contributed by atoms with van der Waals surface area (Å²) in [6, 6.07) is 1.95. The fourth-order valence-electron chi connectivity index (χ4n) is 1.12. The van der Waals surface area contributed by atoms with Crippen molar-refractivity contribution >= 4 is 17.9 Å². The minimum absolute atomic E-state index is 0.0303. The van der Waals surface area contributed by atoms with Crippen LogP contribution >= 0.6 is 0 Å². The molecule has 0 aliphatic rings. The Balaban J connectivity index is 3.14. The Morgan fingerprint density at radius 3 is 2.59 bits per heavy atom. The van der Waals surface area contributed by atoms with E-state index < -0.39 is 17.8 Å². The highest BCUT2D eigenvalue weighted by molar-refractivity contribution is 5.86. The van der Waals surface area contributed by atoms with E-state index in [1.807, 2.05) is 0 Å². The van der Waals surface area contributed by atoms with Crippen LogP contribution in [0, 0.1) is 0 Å². The molecule has 1 aromatic rings. The first-order chi connectivity index (χ1) is 7.84. The van der Waals surface area contributed by atoms with Crippen molar-refractivity contribution in [2.75, 3.05) is 12.4 Å². The van der Waals surface area contributed by atoms with Gasteiger partial charge in [0.1, 0.15) is 11.5 Å². The molecule has 0 aliphatic heterocycles. The summed E-state index contributed by atoms with van der Waals surface area (Å²) in [6.07, 6.45) is -2.53. The van der Waals surface area contributed by atoms with Crippen molar-refractivity contribution in [1.82, 2.24) is 4.98 Å². The first kappa shape index (κ1) is 13.0. The zero-order chi connectivity index (χ0) is 13.1. The van der Waals surface area contributed by atoms with Crippen LogP contribution in [0.15, 0.2) is 18.2 Å². The van der Waals surface area contributed by atoms with Crippen molar-refractivity contribution in [3.63, 3.8) is 0 Å². The molecule has 0 spiro atoms. The molecule has 7 heteroatoms. The van der Waals surface area contributed by atoms with Gasteiger partial charge in [-0.2, -0.15) is 13.2 Å². The Hall–Kier alpha value is -2.05. The number of anilines is 1. The van der Waals surface area contributed by atoms with Gasteiger partial charge in [-0.25, -0.2) is 9.78 Å². The Labute approximate surface area is 94.8 Å². The van der Waals surface area contributed by atoms with Crippen LogP contribution in [-0.2, 0) is 11.0 Å². The van der Waals surface area contributed by atoms with E-state index in [4.69, 9.17) is 5.11 Å². The maximum absolute atomic E-state index is 12.3. The van der Waals surface area contributed by atoms with Crippen LogP contribution in [0.25, 0.3) is 6.08 Å². The molecule has 0 saturated heterocycles. The number of carbonyl (C=O) groups is 1. The molecule has 17 heavy (non-hydrogen) atoms. The summed E-state index contributed by atoms with van der Waals surface area (Å²) < 4.78 is 37.0. The number of hydrogen-bond donors (Lipinski definition) is 2. The SMILES string of the molecule is CNc1nc(C(F)(F)F)ccc1/C=C/C(=O)O. The number of alkyl halides is 3. The average Bonchev–Trinajstić information content (AvgIpc) is 2.24. The molecule has 0 aromatic carbocycles. The third-order valence-corrected chi connectivity index (χ3v) is 1.86. The van der Waals surface area contributed by atoms with Crippen molar-refractivity contribution in [2.45, 2.75) is 6.18 Å². The predicted molar refractivity (Wildman–Crippen MR) is 55.5 cm³/mol. The van der Waals surface area contributed by atoms with Gasteiger partial charge in [0, 0.05) is 18.7 Å². The zero-order valence-electron chi connectivity index (χ0n) is 8.75. The van der Waals surface area contributed by atoms with E-state index in [1.165, 1.54) is 13.1 Å². The highest BCUT2D eigenvalue weighted by Crippen LogP contribution is 2.29. The maximum Gasteiger partial charge on any atom is 0.433 e.